The Morgan fingerprint density at radius 2 is 1.84 bits per heavy atom. The second kappa shape index (κ2) is 8.72. The molecule has 1 aromatic heterocycles. The van der Waals surface area contributed by atoms with Gasteiger partial charge in [-0.05, 0) is 29.8 Å². The number of hydrogen-bond donors (Lipinski definition) is 1. The lowest BCUT2D eigenvalue weighted by molar-refractivity contribution is -0.122. The molecule has 0 spiro atoms. The summed E-state index contributed by atoms with van der Waals surface area (Å²) in [4.78, 5) is 16.5. The van der Waals surface area contributed by atoms with Gasteiger partial charge in [0, 0.05) is 32.7 Å². The van der Waals surface area contributed by atoms with E-state index in [1.54, 1.807) is 6.26 Å². The quantitative estimate of drug-likeness (QED) is 0.835. The molecule has 0 unspecified atom stereocenters. The maximum atomic E-state index is 12.0. The van der Waals surface area contributed by atoms with Crippen molar-refractivity contribution in [3.05, 3.63) is 58.0 Å². The zero-order valence-corrected chi connectivity index (χ0v) is 15.4. The third-order valence-corrected chi connectivity index (χ3v) is 5.00. The number of carbonyl (C=O) groups excluding carboxylic acids is 1. The first-order chi connectivity index (χ1) is 12.1. The molecule has 0 aliphatic carbocycles. The molecule has 0 radical (unpaired) electrons. The van der Waals surface area contributed by atoms with Crippen LogP contribution in [-0.2, 0) is 17.9 Å². The summed E-state index contributed by atoms with van der Waals surface area (Å²) in [7, 11) is 0. The van der Waals surface area contributed by atoms with Crippen molar-refractivity contribution >= 4 is 29.1 Å². The Balaban J connectivity index is 1.39. The molecule has 1 saturated heterocycles. The third kappa shape index (κ3) is 5.47. The van der Waals surface area contributed by atoms with Crippen molar-refractivity contribution in [2.45, 2.75) is 13.1 Å². The summed E-state index contributed by atoms with van der Waals surface area (Å²) in [6.45, 7) is 5.28. The number of nitrogens with one attached hydrogen (secondary N) is 1. The fraction of sp³-hybridized carbons (Fsp3) is 0.389. The molecule has 3 rings (SSSR count). The molecule has 25 heavy (non-hydrogen) atoms. The summed E-state index contributed by atoms with van der Waals surface area (Å²) < 4.78 is 5.21. The lowest BCUT2D eigenvalue weighted by Crippen LogP contribution is -2.49. The highest BCUT2D eigenvalue weighted by atomic mass is 35.5. The Bertz CT molecular complexity index is 698. The average molecular weight is 382 g/mol. The molecule has 1 amide bonds. The van der Waals surface area contributed by atoms with Crippen LogP contribution in [0.15, 0.2) is 41.0 Å². The molecule has 134 valence electrons. The number of piperazine rings is 1. The van der Waals surface area contributed by atoms with Crippen LogP contribution in [0, 0.1) is 0 Å². The van der Waals surface area contributed by atoms with Crippen molar-refractivity contribution in [1.29, 1.82) is 0 Å². The van der Waals surface area contributed by atoms with Crippen LogP contribution in [0.2, 0.25) is 10.0 Å². The number of hydrogen-bond acceptors (Lipinski definition) is 4. The Hall–Kier alpha value is -1.53. The van der Waals surface area contributed by atoms with Crippen LogP contribution in [0.25, 0.3) is 0 Å². The van der Waals surface area contributed by atoms with Crippen molar-refractivity contribution in [3.8, 4) is 0 Å². The minimum atomic E-state index is 0.0225. The van der Waals surface area contributed by atoms with Crippen molar-refractivity contribution in [2.24, 2.45) is 0 Å². The van der Waals surface area contributed by atoms with E-state index in [-0.39, 0.29) is 5.91 Å². The van der Waals surface area contributed by atoms with Crippen LogP contribution < -0.4 is 5.32 Å². The van der Waals surface area contributed by atoms with Gasteiger partial charge in [0.25, 0.3) is 0 Å². The molecular formula is C18H21Cl2N3O2. The monoisotopic (exact) mass is 381 g/mol. The molecule has 0 saturated carbocycles. The van der Waals surface area contributed by atoms with E-state index in [1.165, 1.54) is 0 Å². The fourth-order valence-corrected chi connectivity index (χ4v) is 3.18. The van der Waals surface area contributed by atoms with Gasteiger partial charge in [0.1, 0.15) is 5.76 Å². The lowest BCUT2D eigenvalue weighted by atomic mass is 10.2. The van der Waals surface area contributed by atoms with Gasteiger partial charge in [-0.1, -0.05) is 29.3 Å². The van der Waals surface area contributed by atoms with Crippen LogP contribution in [0.1, 0.15) is 11.3 Å². The Morgan fingerprint density at radius 1 is 1.08 bits per heavy atom. The van der Waals surface area contributed by atoms with Crippen molar-refractivity contribution in [2.75, 3.05) is 32.7 Å². The highest BCUT2D eigenvalue weighted by Crippen LogP contribution is 2.23. The van der Waals surface area contributed by atoms with E-state index in [9.17, 15) is 4.79 Å². The molecule has 1 aliphatic rings. The van der Waals surface area contributed by atoms with Gasteiger partial charge in [-0.3, -0.25) is 14.6 Å². The standard InChI is InChI=1S/C18H21Cl2N3O2/c19-16-4-3-14(10-17(16)20)12-22-5-7-23(8-6-22)13-18(24)21-11-15-2-1-9-25-15/h1-4,9-10H,5-8,11-13H2,(H,21,24). The molecule has 1 aromatic carbocycles. The van der Waals surface area contributed by atoms with Crippen LogP contribution in [-0.4, -0.2) is 48.4 Å². The Morgan fingerprint density at radius 3 is 2.52 bits per heavy atom. The first kappa shape index (κ1) is 18.3. The minimum absolute atomic E-state index is 0.0225. The first-order valence-corrected chi connectivity index (χ1v) is 9.03. The van der Waals surface area contributed by atoms with Gasteiger partial charge in [-0.25, -0.2) is 0 Å². The predicted octanol–water partition coefficient (Wildman–Crippen LogP) is 3.02. The second-order valence-electron chi connectivity index (χ2n) is 6.16. The number of nitrogens with zero attached hydrogens (tertiary/aromatic N) is 2. The fourth-order valence-electron chi connectivity index (χ4n) is 2.86. The number of halogens is 2. The summed E-state index contributed by atoms with van der Waals surface area (Å²) >= 11 is 12.0. The zero-order valence-electron chi connectivity index (χ0n) is 13.9. The number of rotatable bonds is 6. The Labute approximate surface area is 157 Å². The van der Waals surface area contributed by atoms with E-state index in [0.717, 1.165) is 44.0 Å². The van der Waals surface area contributed by atoms with E-state index in [4.69, 9.17) is 27.6 Å². The van der Waals surface area contributed by atoms with Gasteiger partial charge in [-0.2, -0.15) is 0 Å². The molecule has 0 bridgehead atoms. The maximum Gasteiger partial charge on any atom is 0.234 e. The second-order valence-corrected chi connectivity index (χ2v) is 6.97. The highest BCUT2D eigenvalue weighted by Gasteiger charge is 2.19. The predicted molar refractivity (Wildman–Crippen MR) is 98.7 cm³/mol. The number of benzene rings is 1. The molecule has 0 atom stereocenters. The molecular weight excluding hydrogens is 361 g/mol. The summed E-state index contributed by atoms with van der Waals surface area (Å²) in [6, 6.07) is 9.41. The highest BCUT2D eigenvalue weighted by molar-refractivity contribution is 6.42. The number of furan rings is 1. The van der Waals surface area contributed by atoms with Gasteiger partial charge in [-0.15, -0.1) is 0 Å². The first-order valence-electron chi connectivity index (χ1n) is 8.28. The van der Waals surface area contributed by atoms with Gasteiger partial charge in [0.15, 0.2) is 0 Å². The molecule has 5 nitrogen and oxygen atoms in total. The van der Waals surface area contributed by atoms with Gasteiger partial charge >= 0.3 is 0 Å². The van der Waals surface area contributed by atoms with Gasteiger partial charge in [0.05, 0.1) is 29.4 Å². The topological polar surface area (TPSA) is 48.7 Å². The number of carbonyl (C=O) groups is 1. The minimum Gasteiger partial charge on any atom is -0.467 e. The van der Waals surface area contributed by atoms with Gasteiger partial charge < -0.3 is 9.73 Å². The third-order valence-electron chi connectivity index (χ3n) is 4.26. The SMILES string of the molecule is O=C(CN1CCN(Cc2ccc(Cl)c(Cl)c2)CC1)NCc1ccco1. The van der Waals surface area contributed by atoms with Crippen LogP contribution in [0.5, 0.6) is 0 Å². The smallest absolute Gasteiger partial charge is 0.234 e. The number of amides is 1. The summed E-state index contributed by atoms with van der Waals surface area (Å²) in [6.07, 6.45) is 1.61. The van der Waals surface area contributed by atoms with Crippen LogP contribution in [0.4, 0.5) is 0 Å². The van der Waals surface area contributed by atoms with Crippen LogP contribution >= 0.6 is 23.2 Å². The summed E-state index contributed by atoms with van der Waals surface area (Å²) in [5.41, 5.74) is 1.15. The van der Waals surface area contributed by atoms with Gasteiger partial charge in [0.2, 0.25) is 5.91 Å². The molecule has 1 N–H and O–H groups in total. The van der Waals surface area contributed by atoms with Crippen molar-refractivity contribution in [3.63, 3.8) is 0 Å². The molecule has 1 aliphatic heterocycles. The van der Waals surface area contributed by atoms with Crippen LogP contribution in [0.3, 0.4) is 0 Å². The van der Waals surface area contributed by atoms with E-state index < -0.39 is 0 Å². The molecule has 1 fully saturated rings. The molecule has 2 heterocycles. The molecule has 7 heteroatoms. The Kier molecular flexibility index (Phi) is 6.37. The summed E-state index contributed by atoms with van der Waals surface area (Å²) in [5.74, 6) is 0.786. The average Bonchev–Trinajstić information content (AvgIpc) is 3.12. The van der Waals surface area contributed by atoms with Crippen molar-refractivity contribution < 1.29 is 9.21 Å². The van der Waals surface area contributed by atoms with Crippen molar-refractivity contribution in [1.82, 2.24) is 15.1 Å². The van der Waals surface area contributed by atoms with E-state index in [0.29, 0.717) is 23.1 Å². The van der Waals surface area contributed by atoms with E-state index in [1.807, 2.05) is 30.3 Å². The zero-order chi connectivity index (χ0) is 17.6. The van der Waals surface area contributed by atoms with E-state index in [2.05, 4.69) is 15.1 Å². The molecule has 2 aromatic rings. The lowest BCUT2D eigenvalue weighted by Gasteiger charge is -2.34. The maximum absolute atomic E-state index is 12.0. The normalized spacial score (nSPS) is 16.1. The largest absolute Gasteiger partial charge is 0.467 e. The summed E-state index contributed by atoms with van der Waals surface area (Å²) in [5, 5.41) is 4.05. The van der Waals surface area contributed by atoms with E-state index >= 15 is 0 Å².